The van der Waals surface area contributed by atoms with Crippen LogP contribution in [0.2, 0.25) is 0 Å². The van der Waals surface area contributed by atoms with Gasteiger partial charge in [-0.3, -0.25) is 14.9 Å². The molecule has 0 saturated carbocycles. The summed E-state index contributed by atoms with van der Waals surface area (Å²) in [4.78, 5) is 34.0. The van der Waals surface area contributed by atoms with E-state index >= 15 is 0 Å². The fraction of sp³-hybridized carbons (Fsp3) is 0.579. The molecule has 0 bridgehead atoms. The van der Waals surface area contributed by atoms with E-state index < -0.39 is 22.8 Å². The molecule has 1 rings (SSSR count). The molecule has 1 aromatic rings. The summed E-state index contributed by atoms with van der Waals surface area (Å²) in [6, 6.07) is 3.17. The molecule has 3 N–H and O–H groups in total. The third-order valence-corrected chi connectivity index (χ3v) is 4.71. The zero-order chi connectivity index (χ0) is 20.4. The van der Waals surface area contributed by atoms with E-state index in [1.54, 1.807) is 12.2 Å². The van der Waals surface area contributed by atoms with Crippen molar-refractivity contribution in [3.8, 4) is 0 Å². The summed E-state index contributed by atoms with van der Waals surface area (Å²) in [5.74, 6) is -1.40. The molecule has 2 atom stereocenters. The van der Waals surface area contributed by atoms with Gasteiger partial charge in [0.25, 0.3) is 5.69 Å². The highest BCUT2D eigenvalue weighted by Crippen LogP contribution is 2.22. The van der Waals surface area contributed by atoms with Crippen LogP contribution < -0.4 is 15.7 Å². The largest absolute Gasteiger partial charge is 0.544 e. The number of quaternary nitrogens is 1. The highest BCUT2D eigenvalue weighted by atomic mass is 16.6. The van der Waals surface area contributed by atoms with Gasteiger partial charge < -0.3 is 20.5 Å². The van der Waals surface area contributed by atoms with E-state index in [1.165, 1.54) is 18.2 Å². The van der Waals surface area contributed by atoms with Gasteiger partial charge >= 0.3 is 0 Å². The quantitative estimate of drug-likeness (QED) is 0.415. The van der Waals surface area contributed by atoms with Crippen molar-refractivity contribution in [1.82, 2.24) is 0 Å². The molecule has 150 valence electrons. The molecule has 0 aliphatic rings. The summed E-state index contributed by atoms with van der Waals surface area (Å²) >= 11 is 0. The highest BCUT2D eigenvalue weighted by Gasteiger charge is 2.21. The molecule has 0 aliphatic heterocycles. The Hall–Kier alpha value is -2.48. The number of carbonyl (C=O) groups is 2. The van der Waals surface area contributed by atoms with Gasteiger partial charge in [0.1, 0.15) is 6.04 Å². The Morgan fingerprint density at radius 3 is 2.56 bits per heavy atom. The molecule has 8 nitrogen and oxygen atoms in total. The predicted molar refractivity (Wildman–Crippen MR) is 100.0 cm³/mol. The molecule has 0 heterocycles. The van der Waals surface area contributed by atoms with Crippen LogP contribution >= 0.6 is 0 Å². The van der Waals surface area contributed by atoms with Gasteiger partial charge in [0.2, 0.25) is 5.91 Å². The number of rotatable bonds is 12. The Bertz CT molecular complexity index is 663. The van der Waals surface area contributed by atoms with Crippen molar-refractivity contribution in [1.29, 1.82) is 0 Å². The number of unbranched alkanes of at least 4 members (excludes halogenated alkanes) is 1. The molecule has 0 saturated heterocycles. The van der Waals surface area contributed by atoms with Crippen LogP contribution in [0.3, 0.4) is 0 Å². The zero-order valence-corrected chi connectivity index (χ0v) is 16.2. The van der Waals surface area contributed by atoms with Gasteiger partial charge in [-0.25, -0.2) is 0 Å². The number of nitro benzene ring substituents is 1. The van der Waals surface area contributed by atoms with Crippen molar-refractivity contribution in [2.45, 2.75) is 58.9 Å². The van der Waals surface area contributed by atoms with Gasteiger partial charge in [-0.2, -0.15) is 0 Å². The second-order valence-electron chi connectivity index (χ2n) is 6.82. The van der Waals surface area contributed by atoms with E-state index in [9.17, 15) is 24.8 Å². The summed E-state index contributed by atoms with van der Waals surface area (Å²) < 4.78 is 0. The number of carbonyl (C=O) groups excluding carboxylic acids is 2. The van der Waals surface area contributed by atoms with E-state index in [-0.39, 0.29) is 12.1 Å². The summed E-state index contributed by atoms with van der Waals surface area (Å²) in [6.07, 6.45) is 3.91. The maximum absolute atomic E-state index is 12.3. The minimum absolute atomic E-state index is 0.138. The van der Waals surface area contributed by atoms with Crippen molar-refractivity contribution >= 4 is 23.3 Å². The molecule has 1 amide bonds. The maximum atomic E-state index is 12.3. The number of nitrogens with one attached hydrogen (secondary N) is 1. The number of aryl methyl sites for hydroxylation is 1. The van der Waals surface area contributed by atoms with Crippen LogP contribution in [-0.2, 0) is 9.59 Å². The number of carboxylic acids is 1. The number of hydrogen-bond acceptors (Lipinski definition) is 5. The van der Waals surface area contributed by atoms with E-state index in [0.717, 1.165) is 25.7 Å². The van der Waals surface area contributed by atoms with Gasteiger partial charge in [-0.15, -0.1) is 0 Å². The third kappa shape index (κ3) is 7.74. The molecule has 0 fully saturated rings. The van der Waals surface area contributed by atoms with Crippen LogP contribution in [0.4, 0.5) is 11.4 Å². The Kier molecular flexibility index (Phi) is 9.42. The summed E-state index contributed by atoms with van der Waals surface area (Å²) in [7, 11) is 0. The number of carboxylic acid groups (broad SMARTS) is 1. The normalized spacial score (nSPS) is 13.0. The first kappa shape index (κ1) is 22.6. The average Bonchev–Trinajstić information content (AvgIpc) is 2.62. The highest BCUT2D eigenvalue weighted by molar-refractivity contribution is 5.94. The number of nitro groups is 1. The first-order valence-corrected chi connectivity index (χ1v) is 9.37. The molecule has 0 spiro atoms. The van der Waals surface area contributed by atoms with Crippen molar-refractivity contribution in [3.05, 3.63) is 33.9 Å². The number of nitrogens with two attached hydrogens (primary N) is 1. The van der Waals surface area contributed by atoms with Crippen molar-refractivity contribution in [3.63, 3.8) is 0 Å². The molecule has 27 heavy (non-hydrogen) atoms. The predicted octanol–water partition coefficient (Wildman–Crippen LogP) is 1.13. The lowest BCUT2D eigenvalue weighted by molar-refractivity contribution is -0.687. The Labute approximate surface area is 159 Å². The minimum Gasteiger partial charge on any atom is -0.544 e. The van der Waals surface area contributed by atoms with E-state index in [0.29, 0.717) is 23.7 Å². The van der Waals surface area contributed by atoms with Crippen molar-refractivity contribution in [2.24, 2.45) is 5.92 Å². The lowest BCUT2D eigenvalue weighted by Crippen LogP contribution is -2.94. The van der Waals surface area contributed by atoms with Crippen LogP contribution in [-0.4, -0.2) is 29.4 Å². The van der Waals surface area contributed by atoms with Gasteiger partial charge in [-0.05, 0) is 25.3 Å². The maximum Gasteiger partial charge on any atom is 0.271 e. The van der Waals surface area contributed by atoms with Gasteiger partial charge in [0, 0.05) is 18.1 Å². The summed E-state index contributed by atoms with van der Waals surface area (Å²) in [6.45, 7) is 6.51. The monoisotopic (exact) mass is 379 g/mol. The minimum atomic E-state index is -1.29. The summed E-state index contributed by atoms with van der Waals surface area (Å²) in [5, 5.41) is 26.5. The topological polar surface area (TPSA) is 129 Å². The molecular formula is C19H29N3O5. The lowest BCUT2D eigenvalue weighted by atomic mass is 9.99. The molecule has 0 aliphatic carbocycles. The fourth-order valence-electron chi connectivity index (χ4n) is 2.86. The van der Waals surface area contributed by atoms with Gasteiger partial charge in [0.05, 0.1) is 29.5 Å². The van der Waals surface area contributed by atoms with E-state index in [4.69, 9.17) is 0 Å². The Balaban J connectivity index is 2.69. The number of amides is 1. The van der Waals surface area contributed by atoms with Crippen LogP contribution in [0.1, 0.15) is 51.5 Å². The molecule has 1 aromatic carbocycles. The van der Waals surface area contributed by atoms with Crippen LogP contribution in [0.5, 0.6) is 0 Å². The third-order valence-electron chi connectivity index (χ3n) is 4.71. The number of non-ortho nitro benzene ring substituents is 1. The number of nitrogens with zero attached hydrogens (tertiary/aromatic N) is 1. The Morgan fingerprint density at radius 2 is 2.00 bits per heavy atom. The van der Waals surface area contributed by atoms with Gasteiger partial charge in [0.15, 0.2) is 0 Å². The number of aliphatic carboxylic acids is 1. The standard InChI is InChI=1S/C19H29N3O5/c1-4-6-7-14(5-2)12-20-17(19(24)25)11-18(23)21-16-10-15(22(26)27)9-8-13(16)3/h8-10,14,17,20H,4-7,11-12H2,1-3H3,(H,21,23)(H,24,25)/t14-,17-/m0/s1. The molecule has 0 radical (unpaired) electrons. The second-order valence-corrected chi connectivity index (χ2v) is 6.82. The summed E-state index contributed by atoms with van der Waals surface area (Å²) in [5.41, 5.74) is 0.829. The lowest BCUT2D eigenvalue weighted by Gasteiger charge is -2.20. The van der Waals surface area contributed by atoms with Crippen LogP contribution in [0.15, 0.2) is 18.2 Å². The number of benzene rings is 1. The van der Waals surface area contributed by atoms with Crippen molar-refractivity contribution < 1.29 is 24.9 Å². The zero-order valence-electron chi connectivity index (χ0n) is 16.2. The Morgan fingerprint density at radius 1 is 1.30 bits per heavy atom. The van der Waals surface area contributed by atoms with Crippen LogP contribution in [0, 0.1) is 23.0 Å². The number of anilines is 1. The molecular weight excluding hydrogens is 350 g/mol. The average molecular weight is 379 g/mol. The first-order chi connectivity index (χ1) is 12.8. The van der Waals surface area contributed by atoms with Crippen molar-refractivity contribution in [2.75, 3.05) is 11.9 Å². The fourth-order valence-corrected chi connectivity index (χ4v) is 2.86. The van der Waals surface area contributed by atoms with E-state index in [1.807, 2.05) is 0 Å². The SMILES string of the molecule is CCCC[C@H](CC)C[NH2+][C@@H](CC(=O)Nc1cc([N+](=O)[O-])ccc1C)C(=O)[O-]. The van der Waals surface area contributed by atoms with E-state index in [2.05, 4.69) is 19.2 Å². The molecule has 8 heteroatoms. The molecule has 0 unspecified atom stereocenters. The van der Waals surface area contributed by atoms with Crippen LogP contribution in [0.25, 0.3) is 0 Å². The first-order valence-electron chi connectivity index (χ1n) is 9.37. The second kappa shape index (κ2) is 11.3. The molecule has 0 aromatic heterocycles. The van der Waals surface area contributed by atoms with Gasteiger partial charge in [-0.1, -0.05) is 32.8 Å². The smallest absolute Gasteiger partial charge is 0.271 e. The number of hydrogen-bond donors (Lipinski definition) is 2.